The highest BCUT2D eigenvalue weighted by Crippen LogP contribution is 2.34. The van der Waals surface area contributed by atoms with E-state index in [-0.39, 0.29) is 52.6 Å². The van der Waals surface area contributed by atoms with Gasteiger partial charge in [0, 0.05) is 12.1 Å². The van der Waals surface area contributed by atoms with Gasteiger partial charge in [-0.2, -0.15) is 0 Å². The minimum atomic E-state index is -0.651. The molecule has 0 spiro atoms. The zero-order valence-corrected chi connectivity index (χ0v) is 25.7. The molecule has 2 heterocycles. The molecule has 16 heteroatoms. The van der Waals surface area contributed by atoms with Crippen LogP contribution in [-0.2, 0) is 32.7 Å². The average Bonchev–Trinajstić information content (AvgIpc) is 3.44. The number of hydrogen-bond donors (Lipinski definition) is 2. The van der Waals surface area contributed by atoms with Crippen LogP contribution in [0.1, 0.15) is 45.3 Å². The van der Waals surface area contributed by atoms with Gasteiger partial charge in [0.25, 0.3) is 5.91 Å². The molecular formula is C25H27Cl2N5O7S2. The van der Waals surface area contributed by atoms with Crippen LogP contribution in [0.2, 0.25) is 10.0 Å². The van der Waals surface area contributed by atoms with Crippen LogP contribution in [0, 0.1) is 6.92 Å². The Morgan fingerprint density at radius 3 is 2.44 bits per heavy atom. The second kappa shape index (κ2) is 15.1. The van der Waals surface area contributed by atoms with Crippen molar-refractivity contribution in [2.75, 3.05) is 30.9 Å². The van der Waals surface area contributed by atoms with E-state index in [0.29, 0.717) is 27.3 Å². The quantitative estimate of drug-likeness (QED) is 0.204. The van der Waals surface area contributed by atoms with Crippen molar-refractivity contribution in [3.05, 3.63) is 50.1 Å². The average molecular weight is 645 g/mol. The summed E-state index contributed by atoms with van der Waals surface area (Å²) in [5.74, 6) is -1.38. The standard InChI is InChI=1S/C25H27Cl2N5O7S2/c1-5-37-23(35)20-13(3)21(24(36)38-6-2)41-22(20)29-19(34)12-40-25-31-30-17(32(25)4)10-28-18(33)11-39-16-8-7-14(26)9-15(16)27/h7-9H,5-6,10-12H2,1-4H3,(H,28,33)(H,29,34). The van der Waals surface area contributed by atoms with Crippen LogP contribution in [-0.4, -0.2) is 64.1 Å². The van der Waals surface area contributed by atoms with E-state index in [1.54, 1.807) is 44.5 Å². The number of carbonyl (C=O) groups excluding carboxylic acids is 4. The minimum Gasteiger partial charge on any atom is -0.482 e. The van der Waals surface area contributed by atoms with E-state index in [9.17, 15) is 19.2 Å². The Kier molecular flexibility index (Phi) is 11.8. The van der Waals surface area contributed by atoms with Crippen molar-refractivity contribution in [3.63, 3.8) is 0 Å². The Hall–Kier alpha value is -3.33. The van der Waals surface area contributed by atoms with Crippen LogP contribution in [0.4, 0.5) is 5.00 Å². The SMILES string of the molecule is CCOC(=O)c1sc(NC(=O)CSc2nnc(CNC(=O)COc3ccc(Cl)cc3Cl)n2C)c(C(=O)OCC)c1C. The second-order valence-corrected chi connectivity index (χ2v) is 10.9. The predicted octanol–water partition coefficient (Wildman–Crippen LogP) is 4.27. The number of thiophene rings is 1. The number of halogens is 2. The van der Waals surface area contributed by atoms with E-state index in [1.807, 2.05) is 0 Å². The summed E-state index contributed by atoms with van der Waals surface area (Å²) in [6, 6.07) is 4.68. The molecule has 2 amide bonds. The molecule has 0 atom stereocenters. The van der Waals surface area contributed by atoms with Crippen LogP contribution in [0.25, 0.3) is 0 Å². The van der Waals surface area contributed by atoms with E-state index in [1.165, 1.54) is 6.07 Å². The number of benzene rings is 1. The first kappa shape index (κ1) is 32.2. The summed E-state index contributed by atoms with van der Waals surface area (Å²) >= 11 is 13.9. The molecule has 0 aliphatic rings. The number of nitrogens with one attached hydrogen (secondary N) is 2. The Balaban J connectivity index is 1.57. The summed E-state index contributed by atoms with van der Waals surface area (Å²) in [4.78, 5) is 50.1. The number of esters is 2. The molecule has 0 saturated heterocycles. The summed E-state index contributed by atoms with van der Waals surface area (Å²) in [7, 11) is 1.69. The van der Waals surface area contributed by atoms with Crippen LogP contribution in [0.15, 0.2) is 23.4 Å². The van der Waals surface area contributed by atoms with Gasteiger partial charge in [-0.15, -0.1) is 21.5 Å². The first-order valence-corrected chi connectivity index (χ1v) is 14.7. The number of ether oxygens (including phenoxy) is 3. The molecule has 0 unspecified atom stereocenters. The number of hydrogen-bond acceptors (Lipinski definition) is 11. The number of rotatable bonds is 13. The molecule has 0 aliphatic carbocycles. The molecule has 2 aromatic heterocycles. The molecule has 220 valence electrons. The molecule has 3 rings (SSSR count). The molecule has 12 nitrogen and oxygen atoms in total. The lowest BCUT2D eigenvalue weighted by molar-refractivity contribution is -0.123. The topological polar surface area (TPSA) is 151 Å². The van der Waals surface area contributed by atoms with Gasteiger partial charge >= 0.3 is 11.9 Å². The van der Waals surface area contributed by atoms with Crippen molar-refractivity contribution in [1.82, 2.24) is 20.1 Å². The summed E-state index contributed by atoms with van der Waals surface area (Å²) in [6.07, 6.45) is 0. The Labute approximate surface area is 254 Å². The van der Waals surface area contributed by atoms with Crippen molar-refractivity contribution < 1.29 is 33.4 Å². The number of anilines is 1. The molecule has 41 heavy (non-hydrogen) atoms. The lowest BCUT2D eigenvalue weighted by Crippen LogP contribution is -2.29. The van der Waals surface area contributed by atoms with E-state index >= 15 is 0 Å². The highest BCUT2D eigenvalue weighted by molar-refractivity contribution is 7.99. The lowest BCUT2D eigenvalue weighted by Gasteiger charge is -2.09. The molecule has 1 aromatic carbocycles. The fourth-order valence-electron chi connectivity index (χ4n) is 3.32. The molecule has 0 fully saturated rings. The van der Waals surface area contributed by atoms with Gasteiger partial charge in [-0.05, 0) is 44.5 Å². The molecule has 0 bridgehead atoms. The van der Waals surface area contributed by atoms with Crippen molar-refractivity contribution in [2.24, 2.45) is 7.05 Å². The Bertz CT molecular complexity index is 1440. The van der Waals surface area contributed by atoms with E-state index in [4.69, 9.17) is 37.4 Å². The maximum atomic E-state index is 12.8. The van der Waals surface area contributed by atoms with Crippen LogP contribution < -0.4 is 15.4 Å². The molecule has 0 saturated carbocycles. The highest BCUT2D eigenvalue weighted by atomic mass is 35.5. The molecular weight excluding hydrogens is 617 g/mol. The maximum absolute atomic E-state index is 12.8. The van der Waals surface area contributed by atoms with E-state index in [2.05, 4.69) is 20.8 Å². The summed E-state index contributed by atoms with van der Waals surface area (Å²) in [6.45, 7) is 5.02. The summed E-state index contributed by atoms with van der Waals surface area (Å²) < 4.78 is 17.2. The first-order chi connectivity index (χ1) is 19.5. The lowest BCUT2D eigenvalue weighted by atomic mass is 10.1. The predicted molar refractivity (Wildman–Crippen MR) is 155 cm³/mol. The number of thioether (sulfide) groups is 1. The fraction of sp³-hybridized carbons (Fsp3) is 0.360. The van der Waals surface area contributed by atoms with Gasteiger partial charge in [-0.25, -0.2) is 9.59 Å². The Morgan fingerprint density at radius 1 is 1.05 bits per heavy atom. The van der Waals surface area contributed by atoms with Crippen molar-refractivity contribution >= 4 is 75.1 Å². The molecule has 3 aromatic rings. The normalized spacial score (nSPS) is 10.7. The molecule has 0 radical (unpaired) electrons. The van der Waals surface area contributed by atoms with Crippen LogP contribution >= 0.6 is 46.3 Å². The number of amides is 2. The number of carbonyl (C=O) groups is 4. The second-order valence-electron chi connectivity index (χ2n) is 8.14. The number of aromatic nitrogens is 3. The first-order valence-electron chi connectivity index (χ1n) is 12.2. The summed E-state index contributed by atoms with van der Waals surface area (Å²) in [5, 5.41) is 14.8. The van der Waals surface area contributed by atoms with Crippen LogP contribution in [0.3, 0.4) is 0 Å². The minimum absolute atomic E-state index is 0.0675. The summed E-state index contributed by atoms with van der Waals surface area (Å²) in [5.41, 5.74) is 0.480. The van der Waals surface area contributed by atoms with Crippen LogP contribution in [0.5, 0.6) is 5.75 Å². The zero-order chi connectivity index (χ0) is 30.1. The highest BCUT2D eigenvalue weighted by Gasteiger charge is 2.27. The molecule has 0 aliphatic heterocycles. The third-order valence-electron chi connectivity index (χ3n) is 5.29. The maximum Gasteiger partial charge on any atom is 0.348 e. The van der Waals surface area contributed by atoms with E-state index < -0.39 is 23.8 Å². The van der Waals surface area contributed by atoms with Crippen molar-refractivity contribution in [1.29, 1.82) is 0 Å². The van der Waals surface area contributed by atoms with Gasteiger partial charge in [0.2, 0.25) is 5.91 Å². The van der Waals surface area contributed by atoms with Gasteiger partial charge < -0.3 is 29.4 Å². The monoisotopic (exact) mass is 643 g/mol. The third kappa shape index (κ3) is 8.58. The van der Waals surface area contributed by atoms with Crippen molar-refractivity contribution in [2.45, 2.75) is 32.5 Å². The van der Waals surface area contributed by atoms with E-state index in [0.717, 1.165) is 23.1 Å². The largest absolute Gasteiger partial charge is 0.482 e. The Morgan fingerprint density at radius 2 is 1.76 bits per heavy atom. The number of nitrogens with zero attached hydrogens (tertiary/aromatic N) is 3. The van der Waals surface area contributed by atoms with Gasteiger partial charge in [0.05, 0.1) is 36.1 Å². The van der Waals surface area contributed by atoms with Gasteiger partial charge in [-0.3, -0.25) is 9.59 Å². The zero-order valence-electron chi connectivity index (χ0n) is 22.5. The van der Waals surface area contributed by atoms with Gasteiger partial charge in [-0.1, -0.05) is 35.0 Å². The molecule has 2 N–H and O–H groups in total. The smallest absolute Gasteiger partial charge is 0.348 e. The third-order valence-corrected chi connectivity index (χ3v) is 8.03. The van der Waals surface area contributed by atoms with Gasteiger partial charge in [0.15, 0.2) is 17.6 Å². The van der Waals surface area contributed by atoms with Gasteiger partial charge in [0.1, 0.15) is 15.6 Å². The van der Waals surface area contributed by atoms with Crippen molar-refractivity contribution in [3.8, 4) is 5.75 Å². The fourth-order valence-corrected chi connectivity index (χ4v) is 5.62.